The summed E-state index contributed by atoms with van der Waals surface area (Å²) in [6.07, 6.45) is 31.9. The Morgan fingerprint density at radius 2 is 0.972 bits per heavy atom. The number of pyridine rings is 1. The van der Waals surface area contributed by atoms with Crippen molar-refractivity contribution >= 4 is 7.81 Å². The zero-order chi connectivity index (χ0) is 27.4. The summed E-state index contributed by atoms with van der Waals surface area (Å²) in [5.41, 5.74) is 1.36. The predicted octanol–water partition coefficient (Wildman–Crippen LogP) is 12.7. The number of halogens is 6. The summed E-state index contributed by atoms with van der Waals surface area (Å²) in [6.45, 7) is 6.83. The second-order valence-corrected chi connectivity index (χ2v) is 12.4. The van der Waals surface area contributed by atoms with Crippen molar-refractivity contribution in [2.75, 3.05) is 0 Å². The molecule has 0 spiro atoms. The van der Waals surface area contributed by atoms with Crippen molar-refractivity contribution in [2.24, 2.45) is 0 Å². The van der Waals surface area contributed by atoms with Crippen LogP contribution in [-0.4, -0.2) is 0 Å². The third kappa shape index (κ3) is 31.2. The Morgan fingerprint density at radius 3 is 1.31 bits per heavy atom. The molecule has 1 atom stereocenters. The first-order valence-corrected chi connectivity index (χ1v) is 16.3. The fourth-order valence-corrected chi connectivity index (χ4v) is 4.38. The van der Waals surface area contributed by atoms with E-state index in [2.05, 4.69) is 49.9 Å². The van der Waals surface area contributed by atoms with Crippen LogP contribution in [0.15, 0.2) is 24.5 Å². The molecule has 0 N–H and O–H groups in total. The Balaban J connectivity index is 0.00000152. The van der Waals surface area contributed by atoms with Gasteiger partial charge in [-0.1, -0.05) is 116 Å². The number of rotatable bonds is 20. The van der Waals surface area contributed by atoms with Crippen LogP contribution in [0.1, 0.15) is 147 Å². The van der Waals surface area contributed by atoms with Gasteiger partial charge in [0, 0.05) is 18.1 Å². The monoisotopic (exact) mass is 547 g/mol. The van der Waals surface area contributed by atoms with Gasteiger partial charge in [-0.2, -0.15) is 0 Å². The van der Waals surface area contributed by atoms with Gasteiger partial charge in [0.05, 0.1) is 0 Å². The van der Waals surface area contributed by atoms with Crippen LogP contribution in [0.3, 0.4) is 0 Å². The van der Waals surface area contributed by atoms with Gasteiger partial charge in [0.15, 0.2) is 18.4 Å². The summed E-state index contributed by atoms with van der Waals surface area (Å²) in [4.78, 5) is 0. The number of aromatic nitrogens is 1. The van der Waals surface area contributed by atoms with Crippen molar-refractivity contribution in [3.05, 3.63) is 30.1 Å². The molecule has 36 heavy (non-hydrogen) atoms. The summed E-state index contributed by atoms with van der Waals surface area (Å²) in [5.74, 6) is 0. The molecule has 0 saturated heterocycles. The standard InChI is InChI=1S/C28H52N.F6P/c1-4-5-6-7-8-9-10-11-12-13-14-15-16-17-18-19-20-21-24-28(3)29-25-22-23-27(2)26-29;1-7(2,3,4,5)6/h22-23,25-26,28H,4-21,24H2,1-3H3;/q+1;-1. The Hall–Kier alpha value is -0.840. The molecule has 1 heterocycles. The number of nitrogens with zero attached hydrogens (tertiary/aromatic N) is 1. The van der Waals surface area contributed by atoms with Crippen LogP contribution in [-0.2, 0) is 0 Å². The van der Waals surface area contributed by atoms with Gasteiger partial charge in [0.25, 0.3) is 0 Å². The molecule has 1 aromatic heterocycles. The molecule has 0 amide bonds. The van der Waals surface area contributed by atoms with Crippen molar-refractivity contribution in [3.63, 3.8) is 0 Å². The van der Waals surface area contributed by atoms with Crippen LogP contribution >= 0.6 is 7.81 Å². The second kappa shape index (κ2) is 17.6. The van der Waals surface area contributed by atoms with Gasteiger partial charge >= 0.3 is 33.0 Å². The average Bonchev–Trinajstić information content (AvgIpc) is 2.76. The van der Waals surface area contributed by atoms with E-state index in [9.17, 15) is 25.2 Å². The van der Waals surface area contributed by atoms with E-state index in [0.29, 0.717) is 6.04 Å². The van der Waals surface area contributed by atoms with Crippen LogP contribution < -0.4 is 4.57 Å². The number of aryl methyl sites for hydroxylation is 1. The number of hydrogen-bond acceptors (Lipinski definition) is 0. The molecular weight excluding hydrogens is 495 g/mol. The van der Waals surface area contributed by atoms with E-state index in [1.165, 1.54) is 128 Å². The molecule has 0 fully saturated rings. The fourth-order valence-electron chi connectivity index (χ4n) is 4.38. The van der Waals surface area contributed by atoms with Gasteiger partial charge in [-0.3, -0.25) is 0 Å². The van der Waals surface area contributed by atoms with Gasteiger partial charge in [-0.05, 0) is 26.3 Å². The summed E-state index contributed by atoms with van der Waals surface area (Å²) in [6, 6.07) is 4.98. The molecule has 0 aromatic carbocycles. The van der Waals surface area contributed by atoms with Crippen molar-refractivity contribution < 1.29 is 29.7 Å². The van der Waals surface area contributed by atoms with Gasteiger partial charge in [0.2, 0.25) is 0 Å². The van der Waals surface area contributed by atoms with Crippen LogP contribution in [0.5, 0.6) is 0 Å². The van der Waals surface area contributed by atoms with E-state index in [0.717, 1.165) is 0 Å². The maximum atomic E-state index is 9.87. The van der Waals surface area contributed by atoms with E-state index in [-0.39, 0.29) is 0 Å². The third-order valence-corrected chi connectivity index (χ3v) is 6.45. The van der Waals surface area contributed by atoms with E-state index in [4.69, 9.17) is 0 Å². The molecule has 1 aromatic rings. The molecular formula is C28H52F6NP. The average molecular weight is 548 g/mol. The van der Waals surface area contributed by atoms with Gasteiger partial charge < -0.3 is 0 Å². The minimum atomic E-state index is -10.7. The predicted molar refractivity (Wildman–Crippen MR) is 143 cm³/mol. The number of unbranched alkanes of at least 4 members (excludes halogenated alkanes) is 17. The minimum absolute atomic E-state index is 0.635. The van der Waals surface area contributed by atoms with Crippen molar-refractivity contribution in [1.82, 2.24) is 0 Å². The molecule has 0 radical (unpaired) electrons. The quantitative estimate of drug-likeness (QED) is 0.0661. The van der Waals surface area contributed by atoms with Crippen LogP contribution in [0.25, 0.3) is 0 Å². The van der Waals surface area contributed by atoms with E-state index in [1.54, 1.807) is 0 Å². The van der Waals surface area contributed by atoms with E-state index < -0.39 is 7.81 Å². The van der Waals surface area contributed by atoms with Gasteiger partial charge in [-0.15, -0.1) is 0 Å². The number of hydrogen-bond donors (Lipinski definition) is 0. The SMILES string of the molecule is CCCCCCCCCCCCCCCCCCCCC(C)[n+]1cccc(C)c1.F[P-](F)(F)(F)(F)F. The summed E-state index contributed by atoms with van der Waals surface area (Å²) < 4.78 is 61.6. The Labute approximate surface area is 216 Å². The first-order chi connectivity index (χ1) is 16.7. The molecule has 0 bridgehead atoms. The Bertz CT molecular complexity index is 652. The molecule has 1 unspecified atom stereocenters. The maximum absolute atomic E-state index is 10.7. The zero-order valence-corrected chi connectivity index (χ0v) is 23.9. The van der Waals surface area contributed by atoms with Crippen LogP contribution in [0, 0.1) is 6.92 Å². The van der Waals surface area contributed by atoms with Crippen LogP contribution in [0.4, 0.5) is 25.2 Å². The summed E-state index contributed by atoms with van der Waals surface area (Å²) in [7, 11) is -10.7. The molecule has 0 aliphatic rings. The zero-order valence-electron chi connectivity index (χ0n) is 23.0. The topological polar surface area (TPSA) is 3.88 Å². The van der Waals surface area contributed by atoms with E-state index in [1.807, 2.05) is 0 Å². The van der Waals surface area contributed by atoms with Crippen molar-refractivity contribution in [1.29, 1.82) is 0 Å². The molecule has 0 aliphatic carbocycles. The molecule has 0 saturated carbocycles. The van der Waals surface area contributed by atoms with Gasteiger partial charge in [-0.25, -0.2) is 4.57 Å². The summed E-state index contributed by atoms with van der Waals surface area (Å²) in [5, 5.41) is 0. The van der Waals surface area contributed by atoms with Crippen molar-refractivity contribution in [3.8, 4) is 0 Å². The normalized spacial score (nSPS) is 14.5. The molecule has 216 valence electrons. The molecule has 8 heteroatoms. The van der Waals surface area contributed by atoms with E-state index >= 15 is 0 Å². The van der Waals surface area contributed by atoms with Crippen molar-refractivity contribution in [2.45, 2.75) is 149 Å². The second-order valence-electron chi connectivity index (χ2n) is 10.4. The first-order valence-electron chi connectivity index (χ1n) is 14.2. The third-order valence-electron chi connectivity index (χ3n) is 6.45. The Morgan fingerprint density at radius 1 is 0.639 bits per heavy atom. The molecule has 0 aliphatic heterocycles. The Kier molecular flexibility index (Phi) is 17.2. The molecule has 1 rings (SSSR count). The fraction of sp³-hybridized carbons (Fsp3) is 0.821. The summed E-state index contributed by atoms with van der Waals surface area (Å²) >= 11 is 0. The van der Waals surface area contributed by atoms with Gasteiger partial charge in [0.1, 0.15) is 0 Å². The first kappa shape index (κ1) is 35.2. The van der Waals surface area contributed by atoms with Crippen LogP contribution in [0.2, 0.25) is 0 Å². The molecule has 1 nitrogen and oxygen atoms in total.